The normalized spacial score (nSPS) is 4.50. The first kappa shape index (κ1) is 15.7. The molecule has 0 rings (SSSR count). The maximum absolute atomic E-state index is 8.42. The molecule has 0 aromatic carbocycles. The van der Waals surface area contributed by atoms with Gasteiger partial charge in [-0.3, -0.25) is 7.32 Å². The van der Waals surface area contributed by atoms with Crippen LogP contribution in [0.2, 0.25) is 0 Å². The summed E-state index contributed by atoms with van der Waals surface area (Å²) in [7, 11) is -2.92. The molecule has 3 nitrogen and oxygen atoms in total. The van der Waals surface area contributed by atoms with Crippen LogP contribution in [0.1, 0.15) is 0 Å². The first-order chi connectivity index (χ1) is 1.73. The van der Waals surface area contributed by atoms with Gasteiger partial charge in [-0.1, -0.05) is 0 Å². The Balaban J connectivity index is -0.0000000450. The van der Waals surface area contributed by atoms with Crippen LogP contribution in [0.15, 0.2) is 0 Å². The Hall–Kier alpha value is 2.20. The average molecular weight is 122 g/mol. The largest absolute Gasteiger partial charge is 2.00 e. The fraction of sp³-hybridized carbons (Fsp3) is 0. The van der Waals surface area contributed by atoms with Crippen molar-refractivity contribution in [3.63, 3.8) is 0 Å². The fourth-order valence-electron chi connectivity index (χ4n) is 0. The summed E-state index contributed by atoms with van der Waals surface area (Å²) in [5.41, 5.74) is 0. The van der Waals surface area contributed by atoms with Gasteiger partial charge >= 0.3 is 67.3 Å². The van der Waals surface area contributed by atoms with Crippen LogP contribution in [0.3, 0.4) is 0 Å². The minimum absolute atomic E-state index is 0. The second kappa shape index (κ2) is 10.2. The molecule has 0 saturated heterocycles. The van der Waals surface area contributed by atoms with E-state index in [1.54, 1.807) is 0 Å². The first-order valence-electron chi connectivity index (χ1n) is 0.707. The number of hydrogen-bond acceptors (Lipinski definition) is 3. The van der Waals surface area contributed by atoms with Crippen LogP contribution >= 0.6 is 0 Å². The summed E-state index contributed by atoms with van der Waals surface area (Å²) in [6, 6.07) is 0. The molecule has 6 heavy (non-hydrogen) atoms. The maximum atomic E-state index is 8.42. The summed E-state index contributed by atoms with van der Waals surface area (Å²) in [6.45, 7) is 0. The minimum atomic E-state index is -2.92. The van der Waals surface area contributed by atoms with Crippen LogP contribution in [0.4, 0.5) is 0 Å². The second-order valence-electron chi connectivity index (χ2n) is 0.289. The van der Waals surface area contributed by atoms with Crippen LogP contribution in [0, 0.1) is 0 Å². The van der Waals surface area contributed by atoms with Crippen molar-refractivity contribution in [2.24, 2.45) is 0 Å². The van der Waals surface area contributed by atoms with Crippen LogP contribution < -0.4 is 44.6 Å². The van der Waals surface area contributed by atoms with E-state index in [9.17, 15) is 0 Å². The predicted molar refractivity (Wildman–Crippen MR) is 11.5 cm³/mol. The van der Waals surface area contributed by atoms with Gasteiger partial charge in [0.25, 0.3) is 0 Å². The van der Waals surface area contributed by atoms with Crippen molar-refractivity contribution < 1.29 is 44.6 Å². The number of hydrogen-bond donors (Lipinski definition) is 0. The Bertz CT molecular complexity index is 15.5. The first-order valence-corrected chi connectivity index (χ1v) is 0.707. The summed E-state index contributed by atoms with van der Waals surface area (Å²) in [4.78, 5) is 0. The van der Waals surface area contributed by atoms with E-state index in [0.717, 1.165) is 0 Å². The van der Waals surface area contributed by atoms with Crippen molar-refractivity contribution in [2.45, 2.75) is 0 Å². The van der Waals surface area contributed by atoms with E-state index < -0.39 is 7.32 Å². The van der Waals surface area contributed by atoms with Crippen molar-refractivity contribution in [3.05, 3.63) is 0 Å². The van der Waals surface area contributed by atoms with E-state index in [-0.39, 0.29) is 67.3 Å². The van der Waals surface area contributed by atoms with Gasteiger partial charge in [0.05, 0.1) is 0 Å². The van der Waals surface area contributed by atoms with Crippen molar-refractivity contribution in [1.82, 2.24) is 0 Å². The smallest absolute Gasteiger partial charge is 0.907 e. The van der Waals surface area contributed by atoms with Crippen molar-refractivity contribution in [3.8, 4) is 0 Å². The van der Waals surface area contributed by atoms with Gasteiger partial charge in [-0.15, -0.1) is 0 Å². The third-order valence-corrected chi connectivity index (χ3v) is 0. The van der Waals surface area contributed by atoms with E-state index in [4.69, 9.17) is 15.1 Å². The van der Waals surface area contributed by atoms with E-state index in [1.807, 2.05) is 0 Å². The molecular formula is BCaNaO3. The molecule has 0 aliphatic carbocycles. The third kappa shape index (κ3) is 34.6. The average Bonchev–Trinajstić information content (AvgIpc) is 0.811. The Labute approximate surface area is 88.2 Å². The zero-order chi connectivity index (χ0) is 3.58. The van der Waals surface area contributed by atoms with Gasteiger partial charge in [0, 0.05) is 0 Å². The predicted octanol–water partition coefficient (Wildman–Crippen LogP) is -7.32. The van der Waals surface area contributed by atoms with E-state index >= 15 is 0 Å². The molecule has 0 N–H and O–H groups in total. The summed E-state index contributed by atoms with van der Waals surface area (Å²) >= 11 is 0. The molecule has 0 aliphatic heterocycles. The molecule has 6 heteroatoms. The van der Waals surface area contributed by atoms with Crippen LogP contribution in [0.25, 0.3) is 0 Å². The summed E-state index contributed by atoms with van der Waals surface area (Å²) in [5.74, 6) is 0. The maximum Gasteiger partial charge on any atom is 2.00 e. The molecule has 0 atom stereocenters. The molecule has 0 fully saturated rings. The number of rotatable bonds is 0. The zero-order valence-electron chi connectivity index (χ0n) is 3.51. The molecule has 0 heterocycles. The Morgan fingerprint density at radius 2 is 1.00 bits per heavy atom. The molecule has 0 radical (unpaired) electrons. The monoisotopic (exact) mass is 122 g/mol. The van der Waals surface area contributed by atoms with Gasteiger partial charge in [0.2, 0.25) is 0 Å². The van der Waals surface area contributed by atoms with Gasteiger partial charge in [0.1, 0.15) is 0 Å². The molecule has 0 saturated carbocycles. The third-order valence-electron chi connectivity index (χ3n) is 0. The SMILES string of the molecule is [Ca+2].[Na+].[O-]B([O-])[O-]. The van der Waals surface area contributed by atoms with Gasteiger partial charge in [-0.05, 0) is 0 Å². The standard InChI is InChI=1S/BO3.Ca.Na/c2-1(3)4;;/q-3;+2;+1. The van der Waals surface area contributed by atoms with E-state index in [2.05, 4.69) is 0 Å². The summed E-state index contributed by atoms with van der Waals surface area (Å²) < 4.78 is 0. The van der Waals surface area contributed by atoms with Crippen LogP contribution in [0.5, 0.6) is 0 Å². The molecule has 0 aliphatic rings. The van der Waals surface area contributed by atoms with Gasteiger partial charge < -0.3 is 15.1 Å². The molecule has 0 spiro atoms. The molecule has 0 unspecified atom stereocenters. The molecule has 0 bridgehead atoms. The van der Waals surface area contributed by atoms with Crippen LogP contribution in [-0.2, 0) is 0 Å². The van der Waals surface area contributed by atoms with Gasteiger partial charge in [-0.25, -0.2) is 0 Å². The van der Waals surface area contributed by atoms with Crippen molar-refractivity contribution in [1.29, 1.82) is 0 Å². The topological polar surface area (TPSA) is 69.2 Å². The molecule has 24 valence electrons. The quantitative estimate of drug-likeness (QED) is 0.299. The summed E-state index contributed by atoms with van der Waals surface area (Å²) in [6.07, 6.45) is 0. The molecular weight excluding hydrogens is 122 g/mol. The van der Waals surface area contributed by atoms with Crippen molar-refractivity contribution in [2.75, 3.05) is 0 Å². The minimum Gasteiger partial charge on any atom is -0.907 e. The van der Waals surface area contributed by atoms with Gasteiger partial charge in [0.15, 0.2) is 0 Å². The second-order valence-corrected chi connectivity index (χ2v) is 0.289. The molecule has 0 amide bonds. The van der Waals surface area contributed by atoms with E-state index in [1.165, 1.54) is 0 Å². The Morgan fingerprint density at radius 3 is 1.00 bits per heavy atom. The molecule has 0 aromatic heterocycles. The Morgan fingerprint density at radius 1 is 1.00 bits per heavy atom. The fourth-order valence-corrected chi connectivity index (χ4v) is 0. The summed E-state index contributed by atoms with van der Waals surface area (Å²) in [5, 5.41) is 25.2. The Kier molecular flexibility index (Phi) is 26.8. The zero-order valence-corrected chi connectivity index (χ0v) is 7.72. The van der Waals surface area contributed by atoms with E-state index in [0.29, 0.717) is 0 Å². The molecule has 0 aromatic rings. The van der Waals surface area contributed by atoms with Gasteiger partial charge in [-0.2, -0.15) is 0 Å². The van der Waals surface area contributed by atoms with Crippen LogP contribution in [-0.4, -0.2) is 45.1 Å². The van der Waals surface area contributed by atoms with Crippen molar-refractivity contribution >= 4 is 45.1 Å².